The molecule has 0 unspecified atom stereocenters. The number of carbonyl (C=O) groups excluding carboxylic acids is 1. The van der Waals surface area contributed by atoms with Crippen LogP contribution in [0.3, 0.4) is 0 Å². The van der Waals surface area contributed by atoms with Gasteiger partial charge in [-0.25, -0.2) is 4.63 Å². The Labute approximate surface area is 88.6 Å². The highest BCUT2D eigenvalue weighted by Crippen LogP contribution is 1.90. The first-order chi connectivity index (χ1) is 7.27. The Balaban J connectivity index is 2.23. The number of amides is 1. The predicted octanol–water partition coefficient (Wildman–Crippen LogP) is 0.141. The van der Waals surface area contributed by atoms with Crippen LogP contribution in [0.4, 0.5) is 0 Å². The van der Waals surface area contributed by atoms with E-state index in [-0.39, 0.29) is 11.6 Å². The van der Waals surface area contributed by atoms with Gasteiger partial charge in [-0.05, 0) is 18.2 Å². The van der Waals surface area contributed by atoms with Gasteiger partial charge in [0.15, 0.2) is 5.69 Å². The van der Waals surface area contributed by atoms with Crippen LogP contribution in [0, 0.1) is 0 Å². The van der Waals surface area contributed by atoms with Crippen LogP contribution in [0.25, 0.3) is 0 Å². The number of hydrogen-bond donors (Lipinski definition) is 1. The number of carbonyl (C=O) groups is 1. The lowest BCUT2D eigenvalue weighted by atomic mass is 10.4. The van der Waals surface area contributed by atoms with Gasteiger partial charge < -0.3 is 10.2 Å². The minimum atomic E-state index is -0.247. The van der Waals surface area contributed by atoms with Crippen molar-refractivity contribution in [2.24, 2.45) is 0 Å². The number of nitrogens with zero attached hydrogens (tertiary/aromatic N) is 3. The Morgan fingerprint density at radius 1 is 1.53 bits per heavy atom. The molecular formula is C9H16N4O2. The largest absolute Gasteiger partial charge is 0.349 e. The molecule has 1 N–H and O–H groups in total. The molecule has 1 rings (SSSR count). The van der Waals surface area contributed by atoms with Crippen LogP contribution >= 0.6 is 0 Å². The maximum atomic E-state index is 11.4. The van der Waals surface area contributed by atoms with E-state index in [9.17, 15) is 4.79 Å². The molecule has 15 heavy (non-hydrogen) atoms. The summed E-state index contributed by atoms with van der Waals surface area (Å²) >= 11 is 0. The van der Waals surface area contributed by atoms with Crippen molar-refractivity contribution in [3.8, 4) is 0 Å². The molecule has 0 atom stereocenters. The van der Waals surface area contributed by atoms with Crippen molar-refractivity contribution < 1.29 is 9.42 Å². The van der Waals surface area contributed by atoms with Crippen molar-refractivity contribution in [3.05, 3.63) is 11.9 Å². The highest BCUT2D eigenvalue weighted by molar-refractivity contribution is 5.91. The maximum absolute atomic E-state index is 11.4. The highest BCUT2D eigenvalue weighted by Gasteiger charge is 2.09. The molecule has 0 aliphatic heterocycles. The molecule has 0 aliphatic carbocycles. The van der Waals surface area contributed by atoms with Crippen LogP contribution in [0.15, 0.2) is 10.8 Å². The van der Waals surface area contributed by atoms with E-state index in [4.69, 9.17) is 0 Å². The fourth-order valence-corrected chi connectivity index (χ4v) is 1.22. The number of likely N-dealkylation sites (N-methyl/N-ethyl adjacent to an activating group) is 1. The second-order valence-electron chi connectivity index (χ2n) is 3.08. The molecule has 6 nitrogen and oxygen atoms in total. The second kappa shape index (κ2) is 6.13. The van der Waals surface area contributed by atoms with Crippen molar-refractivity contribution >= 4 is 5.91 Å². The van der Waals surface area contributed by atoms with E-state index in [1.807, 2.05) is 0 Å². The van der Waals surface area contributed by atoms with Crippen molar-refractivity contribution in [2.75, 3.05) is 26.2 Å². The second-order valence-corrected chi connectivity index (χ2v) is 3.08. The van der Waals surface area contributed by atoms with Crippen molar-refractivity contribution in [1.82, 2.24) is 20.5 Å². The molecule has 0 spiro atoms. The Morgan fingerprint density at radius 2 is 2.27 bits per heavy atom. The Bertz CT molecular complexity index is 282. The molecule has 6 heteroatoms. The Kier molecular flexibility index (Phi) is 4.76. The van der Waals surface area contributed by atoms with Gasteiger partial charge in [0.25, 0.3) is 5.91 Å². The van der Waals surface area contributed by atoms with E-state index in [0.29, 0.717) is 6.54 Å². The zero-order chi connectivity index (χ0) is 11.1. The van der Waals surface area contributed by atoms with Crippen LogP contribution < -0.4 is 5.32 Å². The van der Waals surface area contributed by atoms with Crippen LogP contribution in [0.2, 0.25) is 0 Å². The molecule has 1 amide bonds. The van der Waals surface area contributed by atoms with E-state index in [0.717, 1.165) is 19.6 Å². The Hall–Kier alpha value is -1.43. The predicted molar refractivity (Wildman–Crippen MR) is 54.4 cm³/mol. The summed E-state index contributed by atoms with van der Waals surface area (Å²) in [6, 6.07) is 0. The van der Waals surface area contributed by atoms with E-state index in [1.54, 1.807) is 0 Å². The quantitative estimate of drug-likeness (QED) is 0.726. The van der Waals surface area contributed by atoms with Crippen molar-refractivity contribution in [3.63, 3.8) is 0 Å². The van der Waals surface area contributed by atoms with Crippen LogP contribution in [0.1, 0.15) is 24.3 Å². The number of hydrogen-bond acceptors (Lipinski definition) is 5. The lowest BCUT2D eigenvalue weighted by Gasteiger charge is -2.17. The summed E-state index contributed by atoms with van der Waals surface area (Å²) in [6.45, 7) is 7.59. The average molecular weight is 212 g/mol. The van der Waals surface area contributed by atoms with Gasteiger partial charge in [0, 0.05) is 13.1 Å². The molecule has 1 heterocycles. The van der Waals surface area contributed by atoms with E-state index in [1.165, 1.54) is 6.20 Å². The zero-order valence-electron chi connectivity index (χ0n) is 9.06. The van der Waals surface area contributed by atoms with Gasteiger partial charge in [-0.3, -0.25) is 4.79 Å². The third-order valence-corrected chi connectivity index (χ3v) is 2.20. The molecule has 0 fully saturated rings. The minimum absolute atomic E-state index is 0.217. The highest BCUT2D eigenvalue weighted by atomic mass is 16.6. The first-order valence-corrected chi connectivity index (χ1v) is 5.06. The van der Waals surface area contributed by atoms with Crippen LogP contribution in [-0.4, -0.2) is 47.3 Å². The van der Waals surface area contributed by atoms with Crippen molar-refractivity contribution in [1.29, 1.82) is 0 Å². The van der Waals surface area contributed by atoms with Crippen LogP contribution in [-0.2, 0) is 0 Å². The molecule has 0 saturated carbocycles. The summed E-state index contributed by atoms with van der Waals surface area (Å²) in [5, 5.41) is 9.54. The summed E-state index contributed by atoms with van der Waals surface area (Å²) in [4.78, 5) is 13.6. The summed E-state index contributed by atoms with van der Waals surface area (Å²) < 4.78 is 4.33. The molecule has 0 aromatic carbocycles. The molecule has 0 radical (unpaired) electrons. The summed E-state index contributed by atoms with van der Waals surface area (Å²) in [6.07, 6.45) is 1.30. The molecule has 1 aromatic heterocycles. The summed E-state index contributed by atoms with van der Waals surface area (Å²) in [5.74, 6) is -0.247. The molecule has 84 valence electrons. The molecule has 0 bridgehead atoms. The third kappa shape index (κ3) is 3.67. The third-order valence-electron chi connectivity index (χ3n) is 2.20. The van der Waals surface area contributed by atoms with Crippen molar-refractivity contribution in [2.45, 2.75) is 13.8 Å². The van der Waals surface area contributed by atoms with Gasteiger partial charge in [-0.15, -0.1) is 0 Å². The SMILES string of the molecule is CCN(CC)CCNC(=O)c1cnon1. The van der Waals surface area contributed by atoms with E-state index < -0.39 is 0 Å². The minimum Gasteiger partial charge on any atom is -0.349 e. The van der Waals surface area contributed by atoms with E-state index >= 15 is 0 Å². The summed E-state index contributed by atoms with van der Waals surface area (Å²) in [7, 11) is 0. The van der Waals surface area contributed by atoms with Gasteiger partial charge in [0.05, 0.1) is 0 Å². The van der Waals surface area contributed by atoms with Gasteiger partial charge in [-0.1, -0.05) is 19.0 Å². The van der Waals surface area contributed by atoms with Gasteiger partial charge >= 0.3 is 0 Å². The monoisotopic (exact) mass is 212 g/mol. The fraction of sp³-hybridized carbons (Fsp3) is 0.667. The van der Waals surface area contributed by atoms with E-state index in [2.05, 4.69) is 39.0 Å². The topological polar surface area (TPSA) is 71.3 Å². The summed E-state index contributed by atoms with van der Waals surface area (Å²) in [5.41, 5.74) is 0.217. The smallest absolute Gasteiger partial charge is 0.275 e. The lowest BCUT2D eigenvalue weighted by Crippen LogP contribution is -2.34. The normalized spacial score (nSPS) is 10.6. The van der Waals surface area contributed by atoms with Gasteiger partial charge in [0.2, 0.25) is 0 Å². The number of aromatic nitrogens is 2. The molecular weight excluding hydrogens is 196 g/mol. The molecule has 1 aromatic rings. The lowest BCUT2D eigenvalue weighted by molar-refractivity contribution is 0.0939. The molecule has 0 saturated heterocycles. The van der Waals surface area contributed by atoms with Gasteiger partial charge in [-0.2, -0.15) is 0 Å². The van der Waals surface area contributed by atoms with Crippen LogP contribution in [0.5, 0.6) is 0 Å². The zero-order valence-corrected chi connectivity index (χ0v) is 9.06. The Morgan fingerprint density at radius 3 is 2.80 bits per heavy atom. The number of rotatable bonds is 6. The first kappa shape index (κ1) is 11.6. The molecule has 0 aliphatic rings. The standard InChI is InChI=1S/C9H16N4O2/c1-3-13(4-2)6-5-10-9(14)8-7-11-15-12-8/h7H,3-6H2,1-2H3,(H,10,14). The average Bonchev–Trinajstić information content (AvgIpc) is 2.77. The fourth-order valence-electron chi connectivity index (χ4n) is 1.22. The first-order valence-electron chi connectivity index (χ1n) is 5.06. The number of nitrogens with one attached hydrogen (secondary N) is 1. The van der Waals surface area contributed by atoms with Gasteiger partial charge in [0.1, 0.15) is 6.20 Å². The maximum Gasteiger partial charge on any atom is 0.275 e.